The summed E-state index contributed by atoms with van der Waals surface area (Å²) in [6, 6.07) is 14.8. The number of nitrogens with one attached hydrogen (secondary N) is 2. The van der Waals surface area contributed by atoms with E-state index in [1.165, 1.54) is 0 Å². The number of H-pyrrole nitrogens is 1. The van der Waals surface area contributed by atoms with Crippen LogP contribution in [0.1, 0.15) is 38.4 Å². The lowest BCUT2D eigenvalue weighted by molar-refractivity contribution is -0.122. The second-order valence-electron chi connectivity index (χ2n) is 7.65. The van der Waals surface area contributed by atoms with E-state index in [-0.39, 0.29) is 30.6 Å². The van der Waals surface area contributed by atoms with Gasteiger partial charge in [0.1, 0.15) is 18.2 Å². The molecule has 1 aliphatic heterocycles. The molecule has 0 radical (unpaired) electrons. The van der Waals surface area contributed by atoms with Crippen LogP contribution in [0.3, 0.4) is 0 Å². The highest BCUT2D eigenvalue weighted by molar-refractivity contribution is 6.00. The summed E-state index contributed by atoms with van der Waals surface area (Å²) in [4.78, 5) is 31.5. The lowest BCUT2D eigenvalue weighted by Crippen LogP contribution is -2.38. The van der Waals surface area contributed by atoms with Crippen LogP contribution in [0.25, 0.3) is 11.4 Å². The number of nitrogens with zero attached hydrogens (tertiary/aromatic N) is 3. The highest BCUT2D eigenvalue weighted by atomic mass is 16.5. The molecule has 2 heterocycles. The van der Waals surface area contributed by atoms with Gasteiger partial charge in [0.25, 0.3) is 0 Å². The van der Waals surface area contributed by atoms with E-state index in [0.29, 0.717) is 30.4 Å². The van der Waals surface area contributed by atoms with Crippen LogP contribution in [0.15, 0.2) is 48.5 Å². The normalized spacial score (nSPS) is 12.9. The summed E-state index contributed by atoms with van der Waals surface area (Å²) in [6.45, 7) is 4.98. The molecule has 0 saturated carbocycles. The molecule has 1 aromatic heterocycles. The number of aromatic nitrogens is 3. The maximum absolute atomic E-state index is 12.7. The Balaban J connectivity index is 1.40. The monoisotopic (exact) mass is 419 g/mol. The van der Waals surface area contributed by atoms with Crippen LogP contribution < -0.4 is 15.0 Å². The first kappa shape index (κ1) is 20.6. The van der Waals surface area contributed by atoms with E-state index in [0.717, 1.165) is 17.1 Å². The maximum Gasteiger partial charge on any atom is 0.227 e. The Morgan fingerprint density at radius 2 is 1.90 bits per heavy atom. The summed E-state index contributed by atoms with van der Waals surface area (Å²) >= 11 is 0. The first-order valence-corrected chi connectivity index (χ1v) is 10.4. The number of hydrogen-bond acceptors (Lipinski definition) is 5. The van der Waals surface area contributed by atoms with Crippen LogP contribution >= 0.6 is 0 Å². The Morgan fingerprint density at radius 3 is 2.71 bits per heavy atom. The number of ether oxygens (including phenoxy) is 1. The van der Waals surface area contributed by atoms with Gasteiger partial charge >= 0.3 is 0 Å². The van der Waals surface area contributed by atoms with Crippen LogP contribution in [0.4, 0.5) is 11.4 Å². The average Bonchev–Trinajstić information content (AvgIpc) is 3.28. The van der Waals surface area contributed by atoms with Gasteiger partial charge in [-0.1, -0.05) is 38.1 Å². The van der Waals surface area contributed by atoms with Crippen molar-refractivity contribution in [2.45, 2.75) is 32.6 Å². The second kappa shape index (κ2) is 8.99. The Kier molecular flexibility index (Phi) is 5.97. The van der Waals surface area contributed by atoms with E-state index in [4.69, 9.17) is 4.74 Å². The van der Waals surface area contributed by atoms with E-state index >= 15 is 0 Å². The van der Waals surface area contributed by atoms with Crippen molar-refractivity contribution >= 4 is 23.2 Å². The van der Waals surface area contributed by atoms with Gasteiger partial charge in [0.05, 0.1) is 17.9 Å². The molecule has 0 unspecified atom stereocenters. The SMILES string of the molecule is CC(C)c1nc(-c2ccccc2NC(=O)CCC(=O)N2CCOc3ccccc32)n[nH]1. The smallest absolute Gasteiger partial charge is 0.227 e. The van der Waals surface area contributed by atoms with Gasteiger partial charge in [-0.05, 0) is 24.3 Å². The zero-order valence-electron chi connectivity index (χ0n) is 17.6. The summed E-state index contributed by atoms with van der Waals surface area (Å²) < 4.78 is 5.59. The van der Waals surface area contributed by atoms with Gasteiger partial charge in [-0.3, -0.25) is 14.7 Å². The van der Waals surface area contributed by atoms with Crippen molar-refractivity contribution in [3.63, 3.8) is 0 Å². The van der Waals surface area contributed by atoms with Crippen LogP contribution in [-0.2, 0) is 9.59 Å². The second-order valence-corrected chi connectivity index (χ2v) is 7.65. The standard InChI is InChI=1S/C23H25N5O3/c1-15(2)22-25-23(27-26-22)16-7-3-4-8-17(16)24-20(29)11-12-21(30)28-13-14-31-19-10-6-5-9-18(19)28/h3-10,15H,11-14H2,1-2H3,(H,24,29)(H,25,26,27). The Morgan fingerprint density at radius 1 is 1.13 bits per heavy atom. The molecule has 0 atom stereocenters. The average molecular weight is 419 g/mol. The molecule has 0 spiro atoms. The molecule has 0 aliphatic carbocycles. The first-order chi connectivity index (χ1) is 15.0. The lowest BCUT2D eigenvalue weighted by atomic mass is 10.1. The predicted octanol–water partition coefficient (Wildman–Crippen LogP) is 3.74. The van der Waals surface area contributed by atoms with Gasteiger partial charge in [-0.2, -0.15) is 5.10 Å². The summed E-state index contributed by atoms with van der Waals surface area (Å²) in [5.41, 5.74) is 2.09. The number of rotatable bonds is 6. The number of para-hydroxylation sites is 3. The third-order valence-corrected chi connectivity index (χ3v) is 5.09. The molecule has 31 heavy (non-hydrogen) atoms. The molecule has 3 aromatic rings. The zero-order valence-corrected chi connectivity index (χ0v) is 17.6. The van der Waals surface area contributed by atoms with Crippen molar-refractivity contribution in [1.29, 1.82) is 0 Å². The number of carbonyl (C=O) groups excluding carboxylic acids is 2. The number of carbonyl (C=O) groups is 2. The third-order valence-electron chi connectivity index (χ3n) is 5.09. The molecule has 0 fully saturated rings. The van der Waals surface area contributed by atoms with Crippen molar-refractivity contribution in [1.82, 2.24) is 15.2 Å². The van der Waals surface area contributed by atoms with Gasteiger partial charge in [0, 0.05) is 24.3 Å². The maximum atomic E-state index is 12.7. The van der Waals surface area contributed by atoms with Crippen molar-refractivity contribution in [2.75, 3.05) is 23.4 Å². The van der Waals surface area contributed by atoms with Crippen molar-refractivity contribution in [2.24, 2.45) is 0 Å². The molecular weight excluding hydrogens is 394 g/mol. The Bertz CT molecular complexity index is 1090. The van der Waals surface area contributed by atoms with E-state index in [9.17, 15) is 9.59 Å². The highest BCUT2D eigenvalue weighted by Crippen LogP contribution is 2.31. The van der Waals surface area contributed by atoms with E-state index in [2.05, 4.69) is 20.5 Å². The van der Waals surface area contributed by atoms with Gasteiger partial charge in [-0.25, -0.2) is 4.98 Å². The first-order valence-electron chi connectivity index (χ1n) is 10.4. The third kappa shape index (κ3) is 4.58. The minimum atomic E-state index is -0.234. The molecule has 0 bridgehead atoms. The molecule has 160 valence electrons. The number of amides is 2. The fraction of sp³-hybridized carbons (Fsp3) is 0.304. The number of aromatic amines is 1. The molecule has 8 nitrogen and oxygen atoms in total. The van der Waals surface area contributed by atoms with Gasteiger partial charge in [0.15, 0.2) is 5.82 Å². The fourth-order valence-corrected chi connectivity index (χ4v) is 3.44. The van der Waals surface area contributed by atoms with Crippen LogP contribution in [-0.4, -0.2) is 40.1 Å². The van der Waals surface area contributed by atoms with Gasteiger partial charge < -0.3 is 15.0 Å². The van der Waals surface area contributed by atoms with Crippen molar-refractivity contribution < 1.29 is 14.3 Å². The largest absolute Gasteiger partial charge is 0.490 e. The zero-order chi connectivity index (χ0) is 21.8. The summed E-state index contributed by atoms with van der Waals surface area (Å²) in [6.07, 6.45) is 0.193. The van der Waals surface area contributed by atoms with Crippen molar-refractivity contribution in [3.8, 4) is 17.1 Å². The summed E-state index contributed by atoms with van der Waals surface area (Å²) in [7, 11) is 0. The van der Waals surface area contributed by atoms with E-state index in [1.807, 2.05) is 56.3 Å². The highest BCUT2D eigenvalue weighted by Gasteiger charge is 2.23. The number of benzene rings is 2. The Hall–Kier alpha value is -3.68. The van der Waals surface area contributed by atoms with E-state index in [1.54, 1.807) is 11.0 Å². The number of anilines is 2. The quantitative estimate of drug-likeness (QED) is 0.634. The minimum Gasteiger partial charge on any atom is -0.490 e. The molecule has 4 rings (SSSR count). The number of fused-ring (bicyclic) bond motifs is 1. The molecule has 2 aromatic carbocycles. The van der Waals surface area contributed by atoms with Crippen LogP contribution in [0.2, 0.25) is 0 Å². The summed E-state index contributed by atoms with van der Waals surface area (Å²) in [5, 5.41) is 10.1. The lowest BCUT2D eigenvalue weighted by Gasteiger charge is -2.29. The molecule has 2 amide bonds. The van der Waals surface area contributed by atoms with Crippen LogP contribution in [0.5, 0.6) is 5.75 Å². The van der Waals surface area contributed by atoms with Gasteiger partial charge in [0.2, 0.25) is 11.8 Å². The molecular formula is C23H25N5O3. The molecule has 8 heteroatoms. The molecule has 1 aliphatic rings. The van der Waals surface area contributed by atoms with Gasteiger partial charge in [-0.15, -0.1) is 0 Å². The van der Waals surface area contributed by atoms with Crippen molar-refractivity contribution in [3.05, 3.63) is 54.4 Å². The van der Waals surface area contributed by atoms with Crippen LogP contribution in [0, 0.1) is 0 Å². The Labute approximate surface area is 180 Å². The molecule has 2 N–H and O–H groups in total. The minimum absolute atomic E-state index is 0.0813. The topological polar surface area (TPSA) is 100 Å². The fourth-order valence-electron chi connectivity index (χ4n) is 3.44. The predicted molar refractivity (Wildman–Crippen MR) is 118 cm³/mol. The van der Waals surface area contributed by atoms with E-state index < -0.39 is 0 Å². The number of hydrogen-bond donors (Lipinski definition) is 2. The summed E-state index contributed by atoms with van der Waals surface area (Å²) in [5.74, 6) is 1.89. The molecule has 0 saturated heterocycles.